The lowest BCUT2D eigenvalue weighted by molar-refractivity contribution is 0.0944. The van der Waals surface area contributed by atoms with Gasteiger partial charge in [-0.3, -0.25) is 0 Å². The van der Waals surface area contributed by atoms with Crippen LogP contribution in [0.5, 0.6) is 0 Å². The molecule has 1 heterocycles. The Morgan fingerprint density at radius 3 is 2.81 bits per heavy atom. The van der Waals surface area contributed by atoms with Crippen molar-refractivity contribution in [1.82, 2.24) is 10.2 Å². The average Bonchev–Trinajstić information content (AvgIpc) is 2.48. The third-order valence-corrected chi connectivity index (χ3v) is 4.35. The van der Waals surface area contributed by atoms with Gasteiger partial charge in [0.05, 0.1) is 6.61 Å². The quantitative estimate of drug-likeness (QED) is 0.895. The van der Waals surface area contributed by atoms with Gasteiger partial charge in [0.1, 0.15) is 0 Å². The lowest BCUT2D eigenvalue weighted by Crippen LogP contribution is -2.45. The molecule has 1 amide bonds. The van der Waals surface area contributed by atoms with Gasteiger partial charge in [-0.05, 0) is 44.4 Å². The van der Waals surface area contributed by atoms with Crippen LogP contribution in [0.2, 0.25) is 0 Å². The van der Waals surface area contributed by atoms with E-state index in [-0.39, 0.29) is 6.09 Å². The second-order valence-electron chi connectivity index (χ2n) is 5.40. The number of rotatable bonds is 4. The predicted octanol–water partition coefficient (Wildman–Crippen LogP) is 3.72. The first kappa shape index (κ1) is 16.3. The Hall–Kier alpha value is -1.07. The molecule has 1 aromatic carbocycles. The smallest absolute Gasteiger partial charge is 0.409 e. The molecule has 0 radical (unpaired) electrons. The number of carbonyl (C=O) groups is 1. The first-order valence-corrected chi connectivity index (χ1v) is 8.32. The van der Waals surface area contributed by atoms with Crippen LogP contribution in [-0.4, -0.2) is 36.7 Å². The molecule has 0 bridgehead atoms. The highest BCUT2D eigenvalue weighted by molar-refractivity contribution is 9.10. The van der Waals surface area contributed by atoms with Crippen LogP contribution in [0.1, 0.15) is 38.3 Å². The van der Waals surface area contributed by atoms with E-state index in [4.69, 9.17) is 4.74 Å². The van der Waals surface area contributed by atoms with Crippen LogP contribution in [0, 0.1) is 0 Å². The summed E-state index contributed by atoms with van der Waals surface area (Å²) in [6.07, 6.45) is 1.75. The van der Waals surface area contributed by atoms with Crippen LogP contribution in [0.15, 0.2) is 28.7 Å². The highest BCUT2D eigenvalue weighted by Crippen LogP contribution is 2.20. The Labute approximate surface area is 135 Å². The van der Waals surface area contributed by atoms with Gasteiger partial charge in [-0.25, -0.2) is 4.79 Å². The summed E-state index contributed by atoms with van der Waals surface area (Å²) in [7, 11) is 0. The van der Waals surface area contributed by atoms with Gasteiger partial charge in [-0.15, -0.1) is 0 Å². The van der Waals surface area contributed by atoms with Crippen LogP contribution in [0.4, 0.5) is 4.79 Å². The molecule has 1 aliphatic heterocycles. The van der Waals surface area contributed by atoms with Crippen molar-refractivity contribution in [2.75, 3.05) is 19.7 Å². The SMILES string of the molecule is CCOC(=O)N1CCC(N[C@H](C)c2cccc(Br)c2)CC1. The first-order valence-electron chi connectivity index (χ1n) is 7.53. The van der Waals surface area contributed by atoms with Crippen molar-refractivity contribution in [3.05, 3.63) is 34.3 Å². The van der Waals surface area contributed by atoms with Crippen molar-refractivity contribution in [2.45, 2.75) is 38.8 Å². The zero-order chi connectivity index (χ0) is 15.2. The third kappa shape index (κ3) is 4.71. The van der Waals surface area contributed by atoms with Crippen LogP contribution >= 0.6 is 15.9 Å². The lowest BCUT2D eigenvalue weighted by Gasteiger charge is -2.33. The number of nitrogens with zero attached hydrogens (tertiary/aromatic N) is 1. The van der Waals surface area contributed by atoms with Crippen LogP contribution in [0.3, 0.4) is 0 Å². The van der Waals surface area contributed by atoms with Gasteiger partial charge in [0.15, 0.2) is 0 Å². The fraction of sp³-hybridized carbons (Fsp3) is 0.562. The number of hydrogen-bond donors (Lipinski definition) is 1. The van der Waals surface area contributed by atoms with Crippen molar-refractivity contribution >= 4 is 22.0 Å². The summed E-state index contributed by atoms with van der Waals surface area (Å²) < 4.78 is 6.14. The summed E-state index contributed by atoms with van der Waals surface area (Å²) in [6.45, 7) is 5.99. The van der Waals surface area contributed by atoms with E-state index in [2.05, 4.69) is 46.4 Å². The van der Waals surface area contributed by atoms with Gasteiger partial charge >= 0.3 is 6.09 Å². The average molecular weight is 355 g/mol. The minimum atomic E-state index is -0.184. The van der Waals surface area contributed by atoms with Crippen molar-refractivity contribution in [3.8, 4) is 0 Å². The second-order valence-corrected chi connectivity index (χ2v) is 6.32. The summed E-state index contributed by atoms with van der Waals surface area (Å²) in [5.74, 6) is 0. The topological polar surface area (TPSA) is 41.6 Å². The molecule has 116 valence electrons. The molecule has 2 rings (SSSR count). The van der Waals surface area contributed by atoms with E-state index in [9.17, 15) is 4.79 Å². The van der Waals surface area contributed by atoms with Gasteiger partial charge in [-0.2, -0.15) is 0 Å². The van der Waals surface area contributed by atoms with Gasteiger partial charge in [0.2, 0.25) is 0 Å². The molecule has 21 heavy (non-hydrogen) atoms. The number of carbonyl (C=O) groups excluding carboxylic acids is 1. The van der Waals surface area contributed by atoms with Gasteiger partial charge in [0, 0.05) is 29.6 Å². The zero-order valence-electron chi connectivity index (χ0n) is 12.6. The number of piperidine rings is 1. The molecule has 1 aliphatic rings. The standard InChI is InChI=1S/C16H23BrN2O2/c1-3-21-16(20)19-9-7-15(8-10-19)18-12(2)13-5-4-6-14(17)11-13/h4-6,11-12,15,18H,3,7-10H2,1-2H3/t12-/m1/s1. The fourth-order valence-electron chi connectivity index (χ4n) is 2.67. The minimum Gasteiger partial charge on any atom is -0.450 e. The number of ether oxygens (including phenoxy) is 1. The highest BCUT2D eigenvalue weighted by atomic mass is 79.9. The van der Waals surface area contributed by atoms with Crippen LogP contribution in [-0.2, 0) is 4.74 Å². The number of amides is 1. The molecule has 1 fully saturated rings. The summed E-state index contributed by atoms with van der Waals surface area (Å²) in [5.41, 5.74) is 1.28. The number of halogens is 1. The Kier molecular flexibility index (Phi) is 6.06. The number of likely N-dealkylation sites (tertiary alicyclic amines) is 1. The Bertz CT molecular complexity index is 473. The maximum atomic E-state index is 11.7. The van der Waals surface area contributed by atoms with Crippen molar-refractivity contribution in [2.24, 2.45) is 0 Å². The van der Waals surface area contributed by atoms with Crippen LogP contribution < -0.4 is 5.32 Å². The number of hydrogen-bond acceptors (Lipinski definition) is 3. The second kappa shape index (κ2) is 7.80. The van der Waals surface area contributed by atoms with Gasteiger partial charge in [0.25, 0.3) is 0 Å². The molecule has 0 spiro atoms. The monoisotopic (exact) mass is 354 g/mol. The van der Waals surface area contributed by atoms with E-state index in [0.717, 1.165) is 30.4 Å². The molecule has 5 heteroatoms. The molecule has 0 unspecified atom stereocenters. The van der Waals surface area contributed by atoms with E-state index in [0.29, 0.717) is 18.7 Å². The molecular formula is C16H23BrN2O2. The summed E-state index contributed by atoms with van der Waals surface area (Å²) in [6, 6.07) is 9.13. The van der Waals surface area contributed by atoms with E-state index in [1.165, 1.54) is 5.56 Å². The van der Waals surface area contributed by atoms with E-state index >= 15 is 0 Å². The maximum absolute atomic E-state index is 11.7. The third-order valence-electron chi connectivity index (χ3n) is 3.86. The maximum Gasteiger partial charge on any atom is 0.409 e. The van der Waals surface area contributed by atoms with Crippen LogP contribution in [0.25, 0.3) is 0 Å². The van der Waals surface area contributed by atoms with E-state index in [1.54, 1.807) is 4.90 Å². The summed E-state index contributed by atoms with van der Waals surface area (Å²) in [5, 5.41) is 3.65. The lowest BCUT2D eigenvalue weighted by atomic mass is 10.0. The van der Waals surface area contributed by atoms with E-state index < -0.39 is 0 Å². The Balaban J connectivity index is 1.82. The molecule has 1 atom stereocenters. The van der Waals surface area contributed by atoms with E-state index in [1.807, 2.05) is 13.0 Å². The predicted molar refractivity (Wildman–Crippen MR) is 87.3 cm³/mol. The van der Waals surface area contributed by atoms with Crippen molar-refractivity contribution < 1.29 is 9.53 Å². The minimum absolute atomic E-state index is 0.184. The normalized spacial score (nSPS) is 17.6. The van der Waals surface area contributed by atoms with Crippen molar-refractivity contribution in [1.29, 1.82) is 0 Å². The van der Waals surface area contributed by atoms with Crippen molar-refractivity contribution in [3.63, 3.8) is 0 Å². The summed E-state index contributed by atoms with van der Waals surface area (Å²) >= 11 is 3.51. The molecule has 1 aromatic rings. The fourth-order valence-corrected chi connectivity index (χ4v) is 3.09. The molecular weight excluding hydrogens is 332 g/mol. The first-order chi connectivity index (χ1) is 10.1. The molecule has 1 saturated heterocycles. The van der Waals surface area contributed by atoms with Gasteiger partial charge in [-0.1, -0.05) is 28.1 Å². The zero-order valence-corrected chi connectivity index (χ0v) is 14.2. The Morgan fingerprint density at radius 2 is 2.19 bits per heavy atom. The summed E-state index contributed by atoms with van der Waals surface area (Å²) in [4.78, 5) is 13.5. The number of nitrogens with one attached hydrogen (secondary N) is 1. The largest absolute Gasteiger partial charge is 0.450 e. The Morgan fingerprint density at radius 1 is 1.48 bits per heavy atom. The molecule has 0 aromatic heterocycles. The molecule has 0 saturated carbocycles. The molecule has 4 nitrogen and oxygen atoms in total. The van der Waals surface area contributed by atoms with Gasteiger partial charge < -0.3 is 15.0 Å². The molecule has 1 N–H and O–H groups in total. The molecule has 0 aliphatic carbocycles. The highest BCUT2D eigenvalue weighted by Gasteiger charge is 2.24. The number of benzene rings is 1.